The summed E-state index contributed by atoms with van der Waals surface area (Å²) < 4.78 is 33.0. The normalized spacial score (nSPS) is 29.6. The number of hydrogen-bond acceptors (Lipinski definition) is 5. The molecule has 0 N–H and O–H groups in total. The van der Waals surface area contributed by atoms with E-state index in [4.69, 9.17) is 13.9 Å². The third-order valence-corrected chi connectivity index (χ3v) is 9.31. The van der Waals surface area contributed by atoms with Gasteiger partial charge in [-0.2, -0.15) is 0 Å². The molecule has 0 aromatic heterocycles. The number of halogens is 1. The van der Waals surface area contributed by atoms with Gasteiger partial charge in [0.25, 0.3) is 9.04 Å². The molecule has 2 aliphatic heterocycles. The number of carbonyl (C=O) groups excluding carboxylic acids is 1. The van der Waals surface area contributed by atoms with Gasteiger partial charge in [0.1, 0.15) is 23.4 Å². The van der Waals surface area contributed by atoms with E-state index >= 15 is 0 Å². The van der Waals surface area contributed by atoms with Crippen molar-refractivity contribution in [1.82, 2.24) is 4.90 Å². The lowest BCUT2D eigenvalue weighted by Crippen LogP contribution is -2.65. The van der Waals surface area contributed by atoms with Crippen molar-refractivity contribution in [1.29, 1.82) is 0 Å². The van der Waals surface area contributed by atoms with Crippen molar-refractivity contribution >= 4 is 15.0 Å². The summed E-state index contributed by atoms with van der Waals surface area (Å²) in [6, 6.07) is 8.05. The number of hydrogen-bond donors (Lipinski definition) is 0. The first-order valence-corrected chi connectivity index (χ1v) is 15.6. The Labute approximate surface area is 220 Å². The van der Waals surface area contributed by atoms with Crippen molar-refractivity contribution in [3.8, 4) is 11.5 Å². The molecule has 2 aliphatic carbocycles. The lowest BCUT2D eigenvalue weighted by molar-refractivity contribution is -0.0556. The van der Waals surface area contributed by atoms with Gasteiger partial charge in [-0.25, -0.2) is 9.18 Å². The minimum atomic E-state index is -0.972. The number of likely N-dealkylation sites (tertiary alicyclic amines) is 1. The summed E-state index contributed by atoms with van der Waals surface area (Å²) in [5.74, 6) is 1.38. The Morgan fingerprint density at radius 1 is 1.19 bits per heavy atom. The minimum absolute atomic E-state index is 0.146. The van der Waals surface area contributed by atoms with Crippen LogP contribution in [0.4, 0.5) is 4.39 Å². The van der Waals surface area contributed by atoms with Gasteiger partial charge in [0.2, 0.25) is 0 Å². The van der Waals surface area contributed by atoms with Gasteiger partial charge in [0.15, 0.2) is 6.10 Å². The molecule has 2 bridgehead atoms. The number of ether oxygens (including phenoxy) is 2. The van der Waals surface area contributed by atoms with Crippen LogP contribution in [0.15, 0.2) is 42.5 Å². The van der Waals surface area contributed by atoms with E-state index in [0.717, 1.165) is 36.4 Å². The summed E-state index contributed by atoms with van der Waals surface area (Å²) in [4.78, 5) is 15.6. The van der Waals surface area contributed by atoms with Crippen LogP contribution in [0.25, 0.3) is 0 Å². The van der Waals surface area contributed by atoms with Crippen LogP contribution in [0.2, 0.25) is 13.1 Å². The summed E-state index contributed by atoms with van der Waals surface area (Å²) in [5, 5.41) is 0. The van der Waals surface area contributed by atoms with E-state index in [1.807, 2.05) is 6.08 Å². The quantitative estimate of drug-likeness (QED) is 0.306. The van der Waals surface area contributed by atoms with Crippen molar-refractivity contribution in [2.45, 2.75) is 75.8 Å². The predicted octanol–water partition coefficient (Wildman–Crippen LogP) is 5.42. The average Bonchev–Trinajstić information content (AvgIpc) is 3.17. The van der Waals surface area contributed by atoms with Crippen molar-refractivity contribution in [2.75, 3.05) is 13.6 Å². The molecule has 5 nitrogen and oxygen atoms in total. The molecule has 1 fully saturated rings. The summed E-state index contributed by atoms with van der Waals surface area (Å²) in [6.07, 6.45) is 5.27. The van der Waals surface area contributed by atoms with E-state index in [1.54, 1.807) is 0 Å². The Hall–Kier alpha value is -2.64. The molecule has 6 rings (SSSR count). The molecule has 0 unspecified atom stereocenters. The fraction of sp³-hybridized carbons (Fsp3) is 0.500. The standard InChI is InChI=1S/C30H35FNO4Si/c1-29(2,3)21-16-24(36-37(5)6)19-15-22-20-11-12-23(34-28(33)17-7-9-18(31)10-8-17)27-30(20,13-14-32(22)4)25(19)26(21)35-27/h7-12,16,20,22-23,27H,13-15H2,1-6H3/t20-,22+,23-,27-,30-/m0/s1. The highest BCUT2D eigenvalue weighted by Crippen LogP contribution is 2.64. The molecule has 5 atom stereocenters. The van der Waals surface area contributed by atoms with Gasteiger partial charge < -0.3 is 18.8 Å². The van der Waals surface area contributed by atoms with Crippen LogP contribution < -0.4 is 9.16 Å². The Morgan fingerprint density at radius 3 is 2.59 bits per heavy atom. The molecule has 4 aliphatic rings. The van der Waals surface area contributed by atoms with Crippen molar-refractivity contribution < 1.29 is 23.1 Å². The molecule has 1 spiro atoms. The van der Waals surface area contributed by atoms with Crippen molar-refractivity contribution in [3.05, 3.63) is 70.6 Å². The van der Waals surface area contributed by atoms with Crippen molar-refractivity contribution in [2.24, 2.45) is 5.92 Å². The zero-order chi connectivity index (χ0) is 26.3. The molecule has 2 aromatic rings. The lowest BCUT2D eigenvalue weighted by Gasteiger charge is -2.56. The Balaban J connectivity index is 1.50. The molecule has 195 valence electrons. The molecule has 1 saturated heterocycles. The van der Waals surface area contributed by atoms with Gasteiger partial charge in [-0.15, -0.1) is 0 Å². The molecule has 0 saturated carbocycles. The minimum Gasteiger partial charge on any atom is -0.542 e. The highest BCUT2D eigenvalue weighted by molar-refractivity contribution is 6.49. The first-order chi connectivity index (χ1) is 17.5. The maximum atomic E-state index is 13.4. The third kappa shape index (κ3) is 3.68. The van der Waals surface area contributed by atoms with Crippen molar-refractivity contribution in [3.63, 3.8) is 0 Å². The average molecular weight is 521 g/mol. The van der Waals surface area contributed by atoms with Gasteiger partial charge in [0.05, 0.1) is 5.56 Å². The fourth-order valence-electron chi connectivity index (χ4n) is 7.03. The number of likely N-dealkylation sites (N-methyl/N-ethyl adjacent to an activating group) is 1. The van der Waals surface area contributed by atoms with Crippen LogP contribution in [-0.4, -0.2) is 51.8 Å². The van der Waals surface area contributed by atoms with E-state index < -0.39 is 21.1 Å². The van der Waals surface area contributed by atoms with Crippen LogP contribution in [0.3, 0.4) is 0 Å². The van der Waals surface area contributed by atoms with E-state index in [2.05, 4.69) is 58.0 Å². The van der Waals surface area contributed by atoms with Gasteiger partial charge in [-0.1, -0.05) is 26.8 Å². The van der Waals surface area contributed by atoms with E-state index in [0.29, 0.717) is 11.6 Å². The number of nitrogens with zero attached hydrogens (tertiary/aromatic N) is 1. The summed E-state index contributed by atoms with van der Waals surface area (Å²) in [6.45, 7) is 11.9. The van der Waals surface area contributed by atoms with Crippen LogP contribution in [0.1, 0.15) is 54.2 Å². The smallest absolute Gasteiger partial charge is 0.338 e. The first kappa shape index (κ1) is 24.7. The summed E-state index contributed by atoms with van der Waals surface area (Å²) >= 11 is 0. The molecule has 0 amide bonds. The van der Waals surface area contributed by atoms with Crippen LogP contribution in [-0.2, 0) is 22.0 Å². The first-order valence-electron chi connectivity index (χ1n) is 13.2. The molecule has 37 heavy (non-hydrogen) atoms. The maximum Gasteiger partial charge on any atom is 0.338 e. The van der Waals surface area contributed by atoms with E-state index in [1.165, 1.54) is 35.4 Å². The van der Waals surface area contributed by atoms with E-state index in [-0.39, 0.29) is 28.7 Å². The van der Waals surface area contributed by atoms with Crippen LogP contribution in [0, 0.1) is 11.7 Å². The van der Waals surface area contributed by atoms with E-state index in [9.17, 15) is 9.18 Å². The number of carbonyl (C=O) groups is 1. The molecule has 2 aromatic carbocycles. The second-order valence-corrected chi connectivity index (χ2v) is 14.3. The molecular weight excluding hydrogens is 485 g/mol. The Morgan fingerprint density at radius 2 is 1.92 bits per heavy atom. The Kier molecular flexibility index (Phi) is 5.62. The molecule has 7 heteroatoms. The number of esters is 1. The molecule has 1 radical (unpaired) electrons. The molecular formula is C30H35FNO4Si. The SMILES string of the molecule is CN1CC[C@]23c4c5c(O[Si](C)C)cc(C(C)(C)C)c4O[C@H]2[C@@H](OC(=O)c2ccc(F)cc2)C=C[C@H]3[C@H]1C5. The summed E-state index contributed by atoms with van der Waals surface area (Å²) in [5.41, 5.74) is 3.60. The lowest BCUT2D eigenvalue weighted by atomic mass is 9.53. The van der Waals surface area contributed by atoms with Crippen LogP contribution >= 0.6 is 0 Å². The van der Waals surface area contributed by atoms with Gasteiger partial charge in [0, 0.05) is 34.1 Å². The Bertz CT molecular complexity index is 1280. The highest BCUT2D eigenvalue weighted by atomic mass is 28.3. The fourth-order valence-corrected chi connectivity index (χ4v) is 7.66. The number of piperidine rings is 1. The second-order valence-electron chi connectivity index (χ2n) is 12.2. The molecule has 2 heterocycles. The highest BCUT2D eigenvalue weighted by Gasteiger charge is 2.65. The number of rotatable bonds is 4. The summed E-state index contributed by atoms with van der Waals surface area (Å²) in [7, 11) is 1.24. The monoisotopic (exact) mass is 520 g/mol. The zero-order valence-electron chi connectivity index (χ0n) is 22.4. The topological polar surface area (TPSA) is 48.0 Å². The zero-order valence-corrected chi connectivity index (χ0v) is 23.4. The van der Waals surface area contributed by atoms with Gasteiger partial charge >= 0.3 is 5.97 Å². The largest absolute Gasteiger partial charge is 0.542 e. The maximum absolute atomic E-state index is 13.4. The third-order valence-electron chi connectivity index (χ3n) is 8.68. The van der Waals surface area contributed by atoms with Gasteiger partial charge in [-0.3, -0.25) is 0 Å². The van der Waals surface area contributed by atoms with Gasteiger partial charge in [-0.05, 0) is 81.4 Å². The second kappa shape index (κ2) is 8.43. The number of benzene rings is 2. The predicted molar refractivity (Wildman–Crippen MR) is 142 cm³/mol. The van der Waals surface area contributed by atoms with Crippen LogP contribution in [0.5, 0.6) is 11.5 Å².